The largest absolute Gasteiger partial charge is 0.486 e. The van der Waals surface area contributed by atoms with Gasteiger partial charge in [-0.2, -0.15) is 13.2 Å². The number of benzene rings is 2. The predicted molar refractivity (Wildman–Crippen MR) is 91.7 cm³/mol. The highest BCUT2D eigenvalue weighted by atomic mass is 19.4. The maximum Gasteiger partial charge on any atom is 0.409 e. The second-order valence-corrected chi connectivity index (χ2v) is 5.76. The summed E-state index contributed by atoms with van der Waals surface area (Å²) in [6.45, 7) is 2.59. The molecule has 0 spiro atoms. The molecule has 0 saturated heterocycles. The molecule has 0 saturated carbocycles. The van der Waals surface area contributed by atoms with Crippen molar-refractivity contribution in [3.8, 4) is 11.5 Å². The number of hydrogen-bond donors (Lipinski definition) is 1. The van der Waals surface area contributed by atoms with E-state index >= 15 is 0 Å². The van der Waals surface area contributed by atoms with Crippen LogP contribution < -0.4 is 14.8 Å². The second-order valence-electron chi connectivity index (χ2n) is 5.76. The first kappa shape index (κ1) is 17.8. The van der Waals surface area contributed by atoms with Crippen molar-refractivity contribution in [2.24, 2.45) is 0 Å². The van der Waals surface area contributed by atoms with Gasteiger partial charge in [0.15, 0.2) is 11.5 Å². The number of hydrogen-bond acceptors (Lipinski definition) is 3. The molecule has 3 rings (SSSR count). The fraction of sp³-hybridized carbons (Fsp3) is 0.211. The van der Waals surface area contributed by atoms with Crippen molar-refractivity contribution in [3.05, 3.63) is 59.2 Å². The van der Waals surface area contributed by atoms with Crippen LogP contribution in [0.15, 0.2) is 42.5 Å². The Kier molecular flexibility index (Phi) is 4.88. The molecule has 1 N–H and O–H groups in total. The van der Waals surface area contributed by atoms with Crippen molar-refractivity contribution in [2.45, 2.75) is 13.1 Å². The van der Waals surface area contributed by atoms with E-state index < -0.39 is 6.18 Å². The third-order valence-electron chi connectivity index (χ3n) is 3.76. The summed E-state index contributed by atoms with van der Waals surface area (Å²) in [4.78, 5) is 12.5. The molecular formula is C19H16F3NO3. The number of amides is 1. The van der Waals surface area contributed by atoms with Gasteiger partial charge in [0.1, 0.15) is 13.2 Å². The van der Waals surface area contributed by atoms with Crippen molar-refractivity contribution in [2.75, 3.05) is 18.5 Å². The van der Waals surface area contributed by atoms with E-state index in [0.717, 1.165) is 6.08 Å². The molecule has 0 radical (unpaired) electrons. The van der Waals surface area contributed by atoms with Gasteiger partial charge in [-0.25, -0.2) is 0 Å². The van der Waals surface area contributed by atoms with Crippen LogP contribution in [0.2, 0.25) is 0 Å². The molecule has 1 heterocycles. The molecular weight excluding hydrogens is 347 g/mol. The fourth-order valence-electron chi connectivity index (χ4n) is 2.56. The van der Waals surface area contributed by atoms with E-state index in [1.54, 1.807) is 25.1 Å². The number of halogens is 3. The maximum absolute atomic E-state index is 12.5. The van der Waals surface area contributed by atoms with Crippen molar-refractivity contribution >= 4 is 17.7 Å². The highest BCUT2D eigenvalue weighted by Gasteiger charge is 2.22. The minimum atomic E-state index is -4.37. The number of allylic oxidation sites excluding steroid dienone is 1. The molecule has 4 nitrogen and oxygen atoms in total. The van der Waals surface area contributed by atoms with Crippen LogP contribution >= 0.6 is 0 Å². The first-order valence-corrected chi connectivity index (χ1v) is 7.89. The van der Waals surface area contributed by atoms with Crippen molar-refractivity contribution in [1.29, 1.82) is 0 Å². The van der Waals surface area contributed by atoms with E-state index in [2.05, 4.69) is 5.32 Å². The van der Waals surface area contributed by atoms with E-state index in [1.165, 1.54) is 18.2 Å². The molecule has 26 heavy (non-hydrogen) atoms. The van der Waals surface area contributed by atoms with Gasteiger partial charge in [0, 0.05) is 23.4 Å². The van der Waals surface area contributed by atoms with Crippen LogP contribution in [0, 0.1) is 6.92 Å². The van der Waals surface area contributed by atoms with Crippen molar-refractivity contribution in [1.82, 2.24) is 0 Å². The molecule has 0 aromatic heterocycles. The number of carbonyl (C=O) groups excluding carboxylic acids is 1. The standard InChI is InChI=1S/C19H16F3NO3/c1-12-10-13(6-7-19(20,21)22)2-4-15(12)18(24)23-14-3-5-16-17(11-14)26-9-8-25-16/h2-7,10-11H,8-9H2,1H3,(H,23,24)/b7-6+. The lowest BCUT2D eigenvalue weighted by atomic mass is 10.0. The van der Waals surface area contributed by atoms with Crippen molar-refractivity contribution in [3.63, 3.8) is 0 Å². The Hall–Kier alpha value is -2.96. The summed E-state index contributed by atoms with van der Waals surface area (Å²) in [5.41, 5.74) is 1.86. The Morgan fingerprint density at radius 3 is 2.50 bits per heavy atom. The zero-order chi connectivity index (χ0) is 18.7. The van der Waals surface area contributed by atoms with Crippen LogP contribution in [0.3, 0.4) is 0 Å². The molecule has 1 aliphatic heterocycles. The first-order valence-electron chi connectivity index (χ1n) is 7.89. The van der Waals surface area contributed by atoms with Crippen LogP contribution in [0.5, 0.6) is 11.5 Å². The lowest BCUT2D eigenvalue weighted by molar-refractivity contribution is -0.0790. The molecule has 0 fully saturated rings. The third kappa shape index (κ3) is 4.36. The van der Waals surface area contributed by atoms with E-state index in [-0.39, 0.29) is 12.0 Å². The number of alkyl halides is 3. The molecule has 1 amide bonds. The molecule has 136 valence electrons. The summed E-state index contributed by atoms with van der Waals surface area (Å²) in [6.07, 6.45) is -3.24. The zero-order valence-corrected chi connectivity index (χ0v) is 13.9. The summed E-state index contributed by atoms with van der Waals surface area (Å²) in [6, 6.07) is 9.57. The third-order valence-corrected chi connectivity index (χ3v) is 3.76. The fourth-order valence-corrected chi connectivity index (χ4v) is 2.56. The lowest BCUT2D eigenvalue weighted by Crippen LogP contribution is -2.17. The molecule has 0 aliphatic carbocycles. The van der Waals surface area contributed by atoms with Gasteiger partial charge in [0.25, 0.3) is 5.91 Å². The van der Waals surface area contributed by atoms with Gasteiger partial charge in [0.2, 0.25) is 0 Å². The molecule has 2 aromatic carbocycles. The van der Waals surface area contributed by atoms with Gasteiger partial charge in [-0.3, -0.25) is 4.79 Å². The second kappa shape index (κ2) is 7.11. The first-order chi connectivity index (χ1) is 12.3. The maximum atomic E-state index is 12.5. The van der Waals surface area contributed by atoms with Gasteiger partial charge in [-0.15, -0.1) is 0 Å². The monoisotopic (exact) mass is 363 g/mol. The predicted octanol–water partition coefficient (Wildman–Crippen LogP) is 4.59. The van der Waals surface area contributed by atoms with Crippen molar-refractivity contribution < 1.29 is 27.4 Å². The average Bonchev–Trinajstić information content (AvgIpc) is 2.59. The Morgan fingerprint density at radius 2 is 1.81 bits per heavy atom. The van der Waals surface area contributed by atoms with Gasteiger partial charge in [-0.05, 0) is 36.2 Å². The number of carbonyl (C=O) groups is 1. The molecule has 1 aliphatic rings. The molecule has 0 bridgehead atoms. The van der Waals surface area contributed by atoms with Gasteiger partial charge >= 0.3 is 6.18 Å². The van der Waals surface area contributed by atoms with Crippen LogP contribution in [0.4, 0.5) is 18.9 Å². The van der Waals surface area contributed by atoms with Gasteiger partial charge < -0.3 is 14.8 Å². The number of ether oxygens (including phenoxy) is 2. The number of fused-ring (bicyclic) bond motifs is 1. The minimum absolute atomic E-state index is 0.163. The molecule has 0 atom stereocenters. The highest BCUT2D eigenvalue weighted by Crippen LogP contribution is 2.32. The van der Waals surface area contributed by atoms with E-state index in [9.17, 15) is 18.0 Å². The SMILES string of the molecule is Cc1cc(/C=C/C(F)(F)F)ccc1C(=O)Nc1ccc2c(c1)OCCO2. The van der Waals surface area contributed by atoms with Crippen LogP contribution in [-0.4, -0.2) is 25.3 Å². The molecule has 0 unspecified atom stereocenters. The smallest absolute Gasteiger partial charge is 0.409 e. The Balaban J connectivity index is 1.75. The minimum Gasteiger partial charge on any atom is -0.486 e. The summed E-state index contributed by atoms with van der Waals surface area (Å²) in [5.74, 6) is 0.815. The topological polar surface area (TPSA) is 47.6 Å². The number of aryl methyl sites for hydroxylation is 1. The summed E-state index contributed by atoms with van der Waals surface area (Å²) < 4.78 is 47.6. The lowest BCUT2D eigenvalue weighted by Gasteiger charge is -2.19. The highest BCUT2D eigenvalue weighted by molar-refractivity contribution is 6.05. The van der Waals surface area contributed by atoms with Crippen LogP contribution in [-0.2, 0) is 0 Å². The van der Waals surface area contributed by atoms with Gasteiger partial charge in [0.05, 0.1) is 0 Å². The average molecular weight is 363 g/mol. The Labute approximate surface area is 148 Å². The molecule has 7 heteroatoms. The van der Waals surface area contributed by atoms with Crippen LogP contribution in [0.1, 0.15) is 21.5 Å². The summed E-state index contributed by atoms with van der Waals surface area (Å²) in [5, 5.41) is 2.75. The van der Waals surface area contributed by atoms with Crippen LogP contribution in [0.25, 0.3) is 6.08 Å². The normalized spacial score (nSPS) is 13.7. The number of anilines is 1. The van der Waals surface area contributed by atoms with E-state index in [1.807, 2.05) is 0 Å². The summed E-state index contributed by atoms with van der Waals surface area (Å²) in [7, 11) is 0. The van der Waals surface area contributed by atoms with E-state index in [4.69, 9.17) is 9.47 Å². The van der Waals surface area contributed by atoms with E-state index in [0.29, 0.717) is 47.1 Å². The summed E-state index contributed by atoms with van der Waals surface area (Å²) >= 11 is 0. The zero-order valence-electron chi connectivity index (χ0n) is 13.9. The number of rotatable bonds is 3. The Morgan fingerprint density at radius 1 is 1.08 bits per heavy atom. The quantitative estimate of drug-likeness (QED) is 0.867. The molecule has 2 aromatic rings. The van der Waals surface area contributed by atoms with Gasteiger partial charge in [-0.1, -0.05) is 18.2 Å². The Bertz CT molecular complexity index is 860. The number of nitrogens with one attached hydrogen (secondary N) is 1.